The summed E-state index contributed by atoms with van der Waals surface area (Å²) in [6.45, 7) is 2.13. The molecule has 0 amide bonds. The van der Waals surface area contributed by atoms with Crippen LogP contribution in [-0.4, -0.2) is 0 Å². The van der Waals surface area contributed by atoms with Gasteiger partial charge in [0, 0.05) is 5.70 Å². The predicted octanol–water partition coefficient (Wildman–Crippen LogP) is 13.4. The molecular weight excluding hydrogens is 651 g/mol. The number of allylic oxidation sites excluding steroid dienone is 3. The van der Waals surface area contributed by atoms with E-state index in [-0.39, 0.29) is 0 Å². The van der Waals surface area contributed by atoms with E-state index in [1.807, 2.05) is 36.4 Å². The van der Waals surface area contributed by atoms with Gasteiger partial charge in [0.25, 0.3) is 0 Å². The third-order valence-corrected chi connectivity index (χ3v) is 9.71. The summed E-state index contributed by atoms with van der Waals surface area (Å²) in [6.07, 6.45) is 6.20. The van der Waals surface area contributed by atoms with Crippen LogP contribution < -0.4 is 5.73 Å². The first-order valence-electron chi connectivity index (χ1n) is 18.6. The fourth-order valence-electron chi connectivity index (χ4n) is 6.79. The molecular formula is C53H45N. The highest BCUT2D eigenvalue weighted by Gasteiger charge is 2.12. The number of hydrogen-bond donors (Lipinski definition) is 1. The van der Waals surface area contributed by atoms with Gasteiger partial charge in [0.05, 0.1) is 0 Å². The maximum absolute atomic E-state index is 6.52. The maximum atomic E-state index is 6.52. The van der Waals surface area contributed by atoms with Crippen molar-refractivity contribution in [3.63, 3.8) is 0 Å². The second-order valence-electron chi connectivity index (χ2n) is 13.6. The molecule has 0 saturated carbocycles. The van der Waals surface area contributed by atoms with Crippen molar-refractivity contribution < 1.29 is 0 Å². The van der Waals surface area contributed by atoms with Gasteiger partial charge in [-0.2, -0.15) is 0 Å². The molecule has 262 valence electrons. The minimum absolute atomic E-state index is 0.760. The molecule has 0 unspecified atom stereocenters. The molecule has 0 radical (unpaired) electrons. The van der Waals surface area contributed by atoms with Crippen molar-refractivity contribution in [2.45, 2.75) is 19.8 Å². The molecule has 0 aliphatic heterocycles. The number of hydrogen-bond acceptors (Lipinski definition) is 1. The number of aryl methyl sites for hydroxylation is 1. The van der Waals surface area contributed by atoms with Crippen LogP contribution >= 0.6 is 0 Å². The van der Waals surface area contributed by atoms with Crippen LogP contribution in [-0.2, 0) is 12.8 Å². The lowest BCUT2D eigenvalue weighted by atomic mass is 9.89. The van der Waals surface area contributed by atoms with E-state index in [0.29, 0.717) is 0 Å². The number of rotatable bonds is 9. The molecule has 54 heavy (non-hydrogen) atoms. The normalized spacial score (nSPS) is 11.5. The van der Waals surface area contributed by atoms with E-state index in [0.717, 1.165) is 35.2 Å². The third-order valence-electron chi connectivity index (χ3n) is 9.71. The molecule has 0 atom stereocenters. The zero-order chi connectivity index (χ0) is 37.0. The molecule has 2 N–H and O–H groups in total. The molecule has 8 aromatic carbocycles. The molecule has 0 aliphatic rings. The minimum atomic E-state index is 0.760. The second-order valence-corrected chi connectivity index (χ2v) is 13.6. The van der Waals surface area contributed by atoms with Crippen molar-refractivity contribution >= 4 is 22.0 Å². The Kier molecular flexibility index (Phi) is 11.7. The number of fused-ring (bicyclic) bond motifs is 1. The van der Waals surface area contributed by atoms with Crippen molar-refractivity contribution in [1.29, 1.82) is 0 Å². The van der Waals surface area contributed by atoms with E-state index < -0.39 is 0 Å². The largest absolute Gasteiger partial charge is 0.398 e. The van der Waals surface area contributed by atoms with Crippen LogP contribution in [0.3, 0.4) is 0 Å². The van der Waals surface area contributed by atoms with Crippen molar-refractivity contribution in [1.82, 2.24) is 0 Å². The number of nitrogens with two attached hydrogens (primary N) is 1. The van der Waals surface area contributed by atoms with Gasteiger partial charge in [0.2, 0.25) is 0 Å². The van der Waals surface area contributed by atoms with Crippen molar-refractivity contribution in [3.05, 3.63) is 252 Å². The third kappa shape index (κ3) is 9.20. The van der Waals surface area contributed by atoms with E-state index in [1.165, 1.54) is 55.3 Å². The summed E-state index contributed by atoms with van der Waals surface area (Å²) in [7, 11) is 0. The molecule has 8 rings (SSSR count). The fraction of sp³-hybridized carbons (Fsp3) is 0.0566. The van der Waals surface area contributed by atoms with Gasteiger partial charge in [-0.15, -0.1) is 0 Å². The summed E-state index contributed by atoms with van der Waals surface area (Å²) in [6, 6.07) is 72.7. The molecule has 0 fully saturated rings. The van der Waals surface area contributed by atoms with Crippen LogP contribution in [0.25, 0.3) is 44.3 Å². The van der Waals surface area contributed by atoms with Crippen LogP contribution in [0.15, 0.2) is 218 Å². The van der Waals surface area contributed by atoms with Gasteiger partial charge < -0.3 is 5.73 Å². The summed E-state index contributed by atoms with van der Waals surface area (Å²) in [5.41, 5.74) is 20.8. The van der Waals surface area contributed by atoms with E-state index in [2.05, 4.69) is 189 Å². The lowest BCUT2D eigenvalue weighted by Gasteiger charge is -2.15. The van der Waals surface area contributed by atoms with Crippen LogP contribution in [0, 0.1) is 6.92 Å². The minimum Gasteiger partial charge on any atom is -0.398 e. The lowest BCUT2D eigenvalue weighted by Crippen LogP contribution is -1.97. The van der Waals surface area contributed by atoms with Gasteiger partial charge >= 0.3 is 0 Å². The van der Waals surface area contributed by atoms with Crippen LogP contribution in [0.2, 0.25) is 0 Å². The molecule has 0 aliphatic carbocycles. The Bertz CT molecular complexity index is 2410. The molecule has 0 spiro atoms. The Morgan fingerprint density at radius 3 is 1.59 bits per heavy atom. The van der Waals surface area contributed by atoms with Crippen LogP contribution in [0.4, 0.5) is 0 Å². The first kappa shape index (κ1) is 35.7. The monoisotopic (exact) mass is 695 g/mol. The Morgan fingerprint density at radius 1 is 0.463 bits per heavy atom. The molecule has 0 aromatic heterocycles. The smallest absolute Gasteiger partial charge is 0.0393 e. The summed E-state index contributed by atoms with van der Waals surface area (Å²) < 4.78 is 0. The molecule has 8 aromatic rings. The molecule has 0 bridgehead atoms. The summed E-state index contributed by atoms with van der Waals surface area (Å²) in [5.74, 6) is 0. The first-order valence-corrected chi connectivity index (χ1v) is 18.6. The van der Waals surface area contributed by atoms with Gasteiger partial charge in [0.1, 0.15) is 0 Å². The van der Waals surface area contributed by atoms with Gasteiger partial charge in [-0.1, -0.05) is 218 Å². The highest BCUT2D eigenvalue weighted by Crippen LogP contribution is 2.38. The molecule has 0 saturated heterocycles. The van der Waals surface area contributed by atoms with Gasteiger partial charge in [-0.3, -0.25) is 0 Å². The average molecular weight is 696 g/mol. The Morgan fingerprint density at radius 2 is 0.981 bits per heavy atom. The van der Waals surface area contributed by atoms with E-state index in [1.54, 1.807) is 0 Å². The van der Waals surface area contributed by atoms with Crippen molar-refractivity contribution in [2.75, 3.05) is 0 Å². The van der Waals surface area contributed by atoms with Crippen molar-refractivity contribution in [2.24, 2.45) is 5.73 Å². The van der Waals surface area contributed by atoms with Gasteiger partial charge in [-0.05, 0) is 92.3 Å². The molecule has 0 heterocycles. The zero-order valence-corrected chi connectivity index (χ0v) is 30.8. The summed E-state index contributed by atoms with van der Waals surface area (Å²) in [4.78, 5) is 0. The van der Waals surface area contributed by atoms with Crippen LogP contribution in [0.5, 0.6) is 0 Å². The van der Waals surface area contributed by atoms with Crippen LogP contribution in [0.1, 0.15) is 33.4 Å². The highest BCUT2D eigenvalue weighted by molar-refractivity contribution is 6.04. The zero-order valence-electron chi connectivity index (χ0n) is 30.8. The average Bonchev–Trinajstić information content (AvgIpc) is 3.24. The standard InChI is InChI=1S/C40H33N.C13H12/c1-29-16-21-33(22-17-29)38-27-26-32-12-8-9-15-37(32)40(38)35-23-18-30(19-24-35)20-25-36(31-10-4-2-5-11-31)28-39(41)34-13-6-3-7-14-34;1-3-7-12(8-4-1)11-13-9-5-2-6-10-13/h2-19,21-28H,20,41H2,1H3;1-10H,11H2/b36-25+,39-28-;. The SMILES string of the molecule is Cc1ccc(-c2ccc3ccccc3c2-c2ccc(C/C=C(\C=C(/N)c3ccccc3)c3ccccc3)cc2)cc1.c1ccc(Cc2ccccc2)cc1. The molecule has 1 nitrogen and oxygen atoms in total. The maximum Gasteiger partial charge on any atom is 0.0393 e. The number of benzene rings is 8. The fourth-order valence-corrected chi connectivity index (χ4v) is 6.79. The highest BCUT2D eigenvalue weighted by atomic mass is 14.6. The topological polar surface area (TPSA) is 26.0 Å². The van der Waals surface area contributed by atoms with Gasteiger partial charge in [0.15, 0.2) is 0 Å². The van der Waals surface area contributed by atoms with E-state index >= 15 is 0 Å². The Hall–Kier alpha value is -6.70. The first-order chi connectivity index (χ1) is 26.6. The van der Waals surface area contributed by atoms with Crippen molar-refractivity contribution in [3.8, 4) is 22.3 Å². The molecule has 1 heteroatoms. The lowest BCUT2D eigenvalue weighted by molar-refractivity contribution is 1.19. The Balaban J connectivity index is 0.000000291. The predicted molar refractivity (Wildman–Crippen MR) is 232 cm³/mol. The summed E-state index contributed by atoms with van der Waals surface area (Å²) in [5, 5.41) is 2.52. The summed E-state index contributed by atoms with van der Waals surface area (Å²) >= 11 is 0. The Labute approximate surface area is 320 Å². The van der Waals surface area contributed by atoms with E-state index in [4.69, 9.17) is 5.73 Å². The van der Waals surface area contributed by atoms with Gasteiger partial charge in [-0.25, -0.2) is 0 Å². The van der Waals surface area contributed by atoms with E-state index in [9.17, 15) is 0 Å². The quantitative estimate of drug-likeness (QED) is 0.149. The second kappa shape index (κ2) is 17.7.